The fourth-order valence-corrected chi connectivity index (χ4v) is 3.50. The number of anilines is 1. The Morgan fingerprint density at radius 3 is 2.73 bits per heavy atom. The summed E-state index contributed by atoms with van der Waals surface area (Å²) in [7, 11) is 0. The second-order valence-electron chi connectivity index (χ2n) is 5.69. The molecule has 0 spiro atoms. The van der Waals surface area contributed by atoms with E-state index in [2.05, 4.69) is 5.32 Å². The monoisotopic (exact) mass is 390 g/mol. The lowest BCUT2D eigenvalue weighted by Gasteiger charge is -2.12. The lowest BCUT2D eigenvalue weighted by atomic mass is 10.2. The average Bonchev–Trinajstić information content (AvgIpc) is 3.00. The van der Waals surface area contributed by atoms with Gasteiger partial charge in [0, 0.05) is 16.3 Å². The van der Waals surface area contributed by atoms with Gasteiger partial charge in [0.1, 0.15) is 18.1 Å². The van der Waals surface area contributed by atoms with Gasteiger partial charge in [-0.3, -0.25) is 19.3 Å². The zero-order valence-electron chi connectivity index (χ0n) is 14.0. The molecule has 1 aromatic carbocycles. The Kier molecular flexibility index (Phi) is 5.20. The lowest BCUT2D eigenvalue weighted by molar-refractivity contribution is -0.127. The molecule has 0 bridgehead atoms. The summed E-state index contributed by atoms with van der Waals surface area (Å²) in [6.07, 6.45) is 1.60. The Bertz CT molecular complexity index is 935. The molecule has 2 heterocycles. The number of imide groups is 1. The van der Waals surface area contributed by atoms with Crippen LogP contribution in [-0.4, -0.2) is 28.5 Å². The first-order valence-corrected chi connectivity index (χ1v) is 8.91. The van der Waals surface area contributed by atoms with Crippen LogP contribution in [0.15, 0.2) is 39.7 Å². The minimum absolute atomic E-state index is 0.259. The Labute approximate surface area is 159 Å². The predicted molar refractivity (Wildman–Crippen MR) is 101 cm³/mol. The zero-order chi connectivity index (χ0) is 18.8. The molecular formula is C18H15ClN2O4S. The number of carbonyl (C=O) groups is 3. The maximum atomic E-state index is 12.5. The molecule has 1 aliphatic rings. The summed E-state index contributed by atoms with van der Waals surface area (Å²) in [6, 6.07) is 8.40. The summed E-state index contributed by atoms with van der Waals surface area (Å²) in [4.78, 5) is 37.9. The van der Waals surface area contributed by atoms with Crippen molar-refractivity contribution in [3.05, 3.63) is 57.3 Å². The largest absolute Gasteiger partial charge is 0.466 e. The summed E-state index contributed by atoms with van der Waals surface area (Å²) < 4.78 is 5.42. The SMILES string of the molecule is Cc1cc(/C=C2\SC(=O)N(CC(=O)Nc3cccc(Cl)c3)C2=O)c(C)o1. The number of carbonyl (C=O) groups excluding carboxylic acids is 3. The van der Waals surface area contributed by atoms with E-state index < -0.39 is 17.1 Å². The van der Waals surface area contributed by atoms with Crippen LogP contribution >= 0.6 is 23.4 Å². The highest BCUT2D eigenvalue weighted by Gasteiger charge is 2.36. The molecule has 3 amide bonds. The third-order valence-corrected chi connectivity index (χ3v) is 4.79. The van der Waals surface area contributed by atoms with Crippen LogP contribution < -0.4 is 5.32 Å². The highest BCUT2D eigenvalue weighted by Crippen LogP contribution is 2.33. The quantitative estimate of drug-likeness (QED) is 0.790. The van der Waals surface area contributed by atoms with Crippen LogP contribution in [0, 0.1) is 13.8 Å². The van der Waals surface area contributed by atoms with Crippen LogP contribution in [0.5, 0.6) is 0 Å². The zero-order valence-corrected chi connectivity index (χ0v) is 15.6. The van der Waals surface area contributed by atoms with Crippen molar-refractivity contribution in [2.45, 2.75) is 13.8 Å². The first kappa shape index (κ1) is 18.3. The van der Waals surface area contributed by atoms with Gasteiger partial charge in [0.05, 0.1) is 4.91 Å². The number of aryl methyl sites for hydroxylation is 2. The summed E-state index contributed by atoms with van der Waals surface area (Å²) >= 11 is 6.67. The number of hydrogen-bond acceptors (Lipinski definition) is 5. The Morgan fingerprint density at radius 1 is 1.31 bits per heavy atom. The number of benzene rings is 1. The van der Waals surface area contributed by atoms with E-state index in [9.17, 15) is 14.4 Å². The Hall–Kier alpha value is -2.51. The second kappa shape index (κ2) is 7.39. The van der Waals surface area contributed by atoms with E-state index in [1.54, 1.807) is 50.3 Å². The van der Waals surface area contributed by atoms with Crippen LogP contribution in [-0.2, 0) is 9.59 Å². The highest BCUT2D eigenvalue weighted by molar-refractivity contribution is 8.18. The van der Waals surface area contributed by atoms with E-state index in [0.717, 1.165) is 22.2 Å². The average molecular weight is 391 g/mol. The molecule has 1 aromatic heterocycles. The number of hydrogen-bond donors (Lipinski definition) is 1. The molecule has 1 N–H and O–H groups in total. The maximum absolute atomic E-state index is 12.5. The molecule has 26 heavy (non-hydrogen) atoms. The van der Waals surface area contributed by atoms with Gasteiger partial charge in [-0.2, -0.15) is 0 Å². The minimum Gasteiger partial charge on any atom is -0.466 e. The number of nitrogens with zero attached hydrogens (tertiary/aromatic N) is 1. The molecule has 0 saturated carbocycles. The standard InChI is InChI=1S/C18H15ClN2O4S/c1-10-6-12(11(2)25-10)7-15-17(23)21(18(24)26-15)9-16(22)20-14-5-3-4-13(19)8-14/h3-8H,9H2,1-2H3,(H,20,22)/b15-7-. The summed E-state index contributed by atoms with van der Waals surface area (Å²) in [5.41, 5.74) is 1.23. The van der Waals surface area contributed by atoms with E-state index in [4.69, 9.17) is 16.0 Å². The number of amides is 3. The van der Waals surface area contributed by atoms with Crippen LogP contribution in [0.25, 0.3) is 6.08 Å². The first-order valence-electron chi connectivity index (χ1n) is 7.71. The molecule has 1 saturated heterocycles. The third-order valence-electron chi connectivity index (χ3n) is 3.65. The van der Waals surface area contributed by atoms with Crippen molar-refractivity contribution in [2.24, 2.45) is 0 Å². The number of furan rings is 1. The van der Waals surface area contributed by atoms with Crippen LogP contribution in [0.2, 0.25) is 5.02 Å². The number of thioether (sulfide) groups is 1. The molecule has 0 atom stereocenters. The van der Waals surface area contributed by atoms with Gasteiger partial charge < -0.3 is 9.73 Å². The van der Waals surface area contributed by atoms with E-state index >= 15 is 0 Å². The molecule has 1 fully saturated rings. The van der Waals surface area contributed by atoms with Gasteiger partial charge in [0.15, 0.2) is 0 Å². The van der Waals surface area contributed by atoms with Crippen molar-refractivity contribution < 1.29 is 18.8 Å². The molecule has 3 rings (SSSR count). The van der Waals surface area contributed by atoms with Crippen molar-refractivity contribution in [1.82, 2.24) is 4.90 Å². The van der Waals surface area contributed by atoms with Crippen LogP contribution in [0.4, 0.5) is 10.5 Å². The van der Waals surface area contributed by atoms with Gasteiger partial charge in [-0.15, -0.1) is 0 Å². The molecule has 6 nitrogen and oxygen atoms in total. The van der Waals surface area contributed by atoms with Gasteiger partial charge in [-0.05, 0) is 56.0 Å². The van der Waals surface area contributed by atoms with E-state index in [1.165, 1.54) is 0 Å². The third kappa shape index (κ3) is 4.00. The van der Waals surface area contributed by atoms with Crippen LogP contribution in [0.1, 0.15) is 17.1 Å². The molecule has 0 unspecified atom stereocenters. The molecule has 134 valence electrons. The second-order valence-corrected chi connectivity index (χ2v) is 7.12. The summed E-state index contributed by atoms with van der Waals surface area (Å²) in [5, 5.41) is 2.60. The lowest BCUT2D eigenvalue weighted by Crippen LogP contribution is -2.36. The molecule has 0 radical (unpaired) electrons. The number of nitrogens with one attached hydrogen (secondary N) is 1. The topological polar surface area (TPSA) is 79.6 Å². The number of rotatable bonds is 4. The molecule has 8 heteroatoms. The smallest absolute Gasteiger partial charge is 0.294 e. The fraction of sp³-hybridized carbons (Fsp3) is 0.167. The van der Waals surface area contributed by atoms with Crippen molar-refractivity contribution in [1.29, 1.82) is 0 Å². The van der Waals surface area contributed by atoms with Crippen molar-refractivity contribution >= 4 is 52.2 Å². The van der Waals surface area contributed by atoms with Gasteiger partial charge in [-0.25, -0.2) is 0 Å². The van der Waals surface area contributed by atoms with Gasteiger partial charge >= 0.3 is 0 Å². The number of halogens is 1. The van der Waals surface area contributed by atoms with E-state index in [1.807, 2.05) is 0 Å². The Morgan fingerprint density at radius 2 is 2.08 bits per heavy atom. The van der Waals surface area contributed by atoms with Gasteiger partial charge in [0.2, 0.25) is 5.91 Å². The van der Waals surface area contributed by atoms with Crippen LogP contribution in [0.3, 0.4) is 0 Å². The molecular weight excluding hydrogens is 376 g/mol. The minimum atomic E-state index is -0.500. The summed E-state index contributed by atoms with van der Waals surface area (Å²) in [6.45, 7) is 3.22. The molecule has 2 aromatic rings. The van der Waals surface area contributed by atoms with Gasteiger partial charge in [0.25, 0.3) is 11.1 Å². The van der Waals surface area contributed by atoms with Crippen molar-refractivity contribution in [2.75, 3.05) is 11.9 Å². The summed E-state index contributed by atoms with van der Waals surface area (Å²) in [5.74, 6) is 0.396. The maximum Gasteiger partial charge on any atom is 0.294 e. The van der Waals surface area contributed by atoms with E-state index in [-0.39, 0.29) is 11.4 Å². The fourth-order valence-electron chi connectivity index (χ4n) is 2.48. The molecule has 1 aliphatic heterocycles. The predicted octanol–water partition coefficient (Wildman–Crippen LogP) is 4.22. The molecule has 0 aliphatic carbocycles. The van der Waals surface area contributed by atoms with Crippen molar-refractivity contribution in [3.63, 3.8) is 0 Å². The Balaban J connectivity index is 1.71. The van der Waals surface area contributed by atoms with Gasteiger partial charge in [-0.1, -0.05) is 17.7 Å². The van der Waals surface area contributed by atoms with Crippen molar-refractivity contribution in [3.8, 4) is 0 Å². The first-order chi connectivity index (χ1) is 12.3. The van der Waals surface area contributed by atoms with E-state index in [0.29, 0.717) is 22.2 Å². The normalized spacial score (nSPS) is 15.8. The highest BCUT2D eigenvalue weighted by atomic mass is 35.5.